The second kappa shape index (κ2) is 5.22. The summed E-state index contributed by atoms with van der Waals surface area (Å²) < 4.78 is 0. The quantitative estimate of drug-likeness (QED) is 0.681. The number of nitrogens with one attached hydrogen (secondary N) is 2. The number of amides is 1. The van der Waals surface area contributed by atoms with Crippen LogP contribution in [0.3, 0.4) is 0 Å². The van der Waals surface area contributed by atoms with Crippen molar-refractivity contribution in [3.8, 4) is 0 Å². The molecule has 2 atom stereocenters. The molecule has 13 heavy (non-hydrogen) atoms. The van der Waals surface area contributed by atoms with Gasteiger partial charge in [0.15, 0.2) is 0 Å². The van der Waals surface area contributed by atoms with Gasteiger partial charge in [0.25, 0.3) is 0 Å². The van der Waals surface area contributed by atoms with E-state index in [-0.39, 0.29) is 11.8 Å². The average molecular weight is 184 g/mol. The summed E-state index contributed by atoms with van der Waals surface area (Å²) in [6, 6.07) is 0.332. The molecule has 0 saturated carbocycles. The number of carbonyl (C=O) groups excluding carboxylic acids is 1. The first-order valence-corrected chi connectivity index (χ1v) is 5.25. The topological polar surface area (TPSA) is 41.1 Å². The first kappa shape index (κ1) is 10.5. The molecule has 2 N–H and O–H groups in total. The molecule has 1 amide bonds. The van der Waals surface area contributed by atoms with Crippen LogP contribution in [0.4, 0.5) is 0 Å². The first-order valence-electron chi connectivity index (χ1n) is 5.25. The highest BCUT2D eigenvalue weighted by molar-refractivity contribution is 5.79. The Morgan fingerprint density at radius 3 is 3.00 bits per heavy atom. The van der Waals surface area contributed by atoms with Crippen molar-refractivity contribution in [1.82, 2.24) is 10.6 Å². The first-order chi connectivity index (χ1) is 6.24. The highest BCUT2D eigenvalue weighted by Crippen LogP contribution is 2.08. The monoisotopic (exact) mass is 184 g/mol. The standard InChI is InChI=1S/C10H20N2O/c1-3-4-8(2)12-10(13)9-5-6-11-7-9/h8-9,11H,3-7H2,1-2H3,(H,12,13). The molecule has 0 bridgehead atoms. The molecule has 0 aromatic rings. The molecule has 1 fully saturated rings. The van der Waals surface area contributed by atoms with Gasteiger partial charge in [-0.3, -0.25) is 4.79 Å². The van der Waals surface area contributed by atoms with E-state index in [1.807, 2.05) is 0 Å². The molecule has 0 aromatic carbocycles. The smallest absolute Gasteiger partial charge is 0.224 e. The second-order valence-electron chi connectivity index (χ2n) is 3.89. The van der Waals surface area contributed by atoms with Gasteiger partial charge in [-0.1, -0.05) is 13.3 Å². The number of hydrogen-bond donors (Lipinski definition) is 2. The van der Waals surface area contributed by atoms with E-state index in [4.69, 9.17) is 0 Å². The van der Waals surface area contributed by atoms with E-state index in [2.05, 4.69) is 24.5 Å². The van der Waals surface area contributed by atoms with E-state index in [1.165, 1.54) is 0 Å². The van der Waals surface area contributed by atoms with Gasteiger partial charge in [0.2, 0.25) is 5.91 Å². The molecular weight excluding hydrogens is 164 g/mol. The molecule has 76 valence electrons. The van der Waals surface area contributed by atoms with Crippen LogP contribution in [0.25, 0.3) is 0 Å². The largest absolute Gasteiger partial charge is 0.353 e. The normalized spacial score (nSPS) is 24.3. The average Bonchev–Trinajstić information content (AvgIpc) is 2.55. The fraction of sp³-hybridized carbons (Fsp3) is 0.900. The molecule has 1 heterocycles. The summed E-state index contributed by atoms with van der Waals surface area (Å²) in [6.45, 7) is 6.05. The summed E-state index contributed by atoms with van der Waals surface area (Å²) in [7, 11) is 0. The van der Waals surface area contributed by atoms with E-state index >= 15 is 0 Å². The van der Waals surface area contributed by atoms with Crippen LogP contribution in [-0.4, -0.2) is 25.0 Å². The van der Waals surface area contributed by atoms with Crippen LogP contribution in [-0.2, 0) is 4.79 Å². The Hall–Kier alpha value is -0.570. The molecular formula is C10H20N2O. The molecule has 3 nitrogen and oxygen atoms in total. The molecule has 1 aliphatic rings. The van der Waals surface area contributed by atoms with Crippen molar-refractivity contribution in [2.75, 3.05) is 13.1 Å². The van der Waals surface area contributed by atoms with Crippen molar-refractivity contribution in [2.24, 2.45) is 5.92 Å². The Morgan fingerprint density at radius 2 is 2.46 bits per heavy atom. The van der Waals surface area contributed by atoms with E-state index in [0.717, 1.165) is 32.4 Å². The summed E-state index contributed by atoms with van der Waals surface area (Å²) in [4.78, 5) is 11.6. The molecule has 1 saturated heterocycles. The fourth-order valence-corrected chi connectivity index (χ4v) is 1.74. The van der Waals surface area contributed by atoms with Crippen LogP contribution in [0, 0.1) is 5.92 Å². The third-order valence-corrected chi connectivity index (χ3v) is 2.54. The van der Waals surface area contributed by atoms with Gasteiger partial charge in [0, 0.05) is 12.6 Å². The molecule has 3 heteroatoms. The van der Waals surface area contributed by atoms with Crippen molar-refractivity contribution in [1.29, 1.82) is 0 Å². The molecule has 1 aliphatic heterocycles. The Balaban J connectivity index is 2.23. The lowest BCUT2D eigenvalue weighted by Crippen LogP contribution is -2.37. The van der Waals surface area contributed by atoms with Crippen molar-refractivity contribution in [3.63, 3.8) is 0 Å². The zero-order valence-corrected chi connectivity index (χ0v) is 8.60. The predicted molar refractivity (Wildman–Crippen MR) is 53.5 cm³/mol. The highest BCUT2D eigenvalue weighted by atomic mass is 16.2. The van der Waals surface area contributed by atoms with Crippen LogP contribution in [0.1, 0.15) is 33.1 Å². The Bertz CT molecular complexity index is 164. The summed E-state index contributed by atoms with van der Waals surface area (Å²) in [6.07, 6.45) is 3.20. The Morgan fingerprint density at radius 1 is 1.69 bits per heavy atom. The second-order valence-corrected chi connectivity index (χ2v) is 3.89. The third-order valence-electron chi connectivity index (χ3n) is 2.54. The van der Waals surface area contributed by atoms with Gasteiger partial charge >= 0.3 is 0 Å². The number of rotatable bonds is 4. The van der Waals surface area contributed by atoms with Crippen LogP contribution < -0.4 is 10.6 Å². The van der Waals surface area contributed by atoms with E-state index in [0.29, 0.717) is 6.04 Å². The molecule has 0 radical (unpaired) electrons. The van der Waals surface area contributed by atoms with Gasteiger partial charge in [-0.2, -0.15) is 0 Å². The number of hydrogen-bond acceptors (Lipinski definition) is 2. The van der Waals surface area contributed by atoms with Gasteiger partial charge < -0.3 is 10.6 Å². The van der Waals surface area contributed by atoms with E-state index in [9.17, 15) is 4.79 Å². The minimum Gasteiger partial charge on any atom is -0.353 e. The lowest BCUT2D eigenvalue weighted by molar-refractivity contribution is -0.125. The summed E-state index contributed by atoms with van der Waals surface area (Å²) in [5, 5.41) is 6.24. The van der Waals surface area contributed by atoms with Gasteiger partial charge in [-0.15, -0.1) is 0 Å². The molecule has 1 rings (SSSR count). The van der Waals surface area contributed by atoms with Crippen molar-refractivity contribution in [2.45, 2.75) is 39.2 Å². The Labute approximate surface area is 80.3 Å². The van der Waals surface area contributed by atoms with E-state index in [1.54, 1.807) is 0 Å². The molecule has 0 spiro atoms. The molecule has 0 aromatic heterocycles. The molecule has 0 aliphatic carbocycles. The number of carbonyl (C=O) groups is 1. The van der Waals surface area contributed by atoms with Crippen LogP contribution in [0.15, 0.2) is 0 Å². The minimum atomic E-state index is 0.208. The summed E-state index contributed by atoms with van der Waals surface area (Å²) in [5.74, 6) is 0.435. The lowest BCUT2D eigenvalue weighted by atomic mass is 10.1. The van der Waals surface area contributed by atoms with Gasteiger partial charge in [-0.25, -0.2) is 0 Å². The summed E-state index contributed by atoms with van der Waals surface area (Å²) >= 11 is 0. The van der Waals surface area contributed by atoms with Gasteiger partial charge in [0.1, 0.15) is 0 Å². The molecule has 2 unspecified atom stereocenters. The van der Waals surface area contributed by atoms with Crippen LogP contribution in [0.5, 0.6) is 0 Å². The fourth-order valence-electron chi connectivity index (χ4n) is 1.74. The van der Waals surface area contributed by atoms with Crippen molar-refractivity contribution < 1.29 is 4.79 Å². The highest BCUT2D eigenvalue weighted by Gasteiger charge is 2.22. The van der Waals surface area contributed by atoms with Crippen LogP contribution >= 0.6 is 0 Å². The van der Waals surface area contributed by atoms with Crippen molar-refractivity contribution >= 4 is 5.91 Å². The zero-order valence-electron chi connectivity index (χ0n) is 8.60. The predicted octanol–water partition coefficient (Wildman–Crippen LogP) is 0.901. The lowest BCUT2D eigenvalue weighted by Gasteiger charge is -2.15. The Kier molecular flexibility index (Phi) is 4.22. The van der Waals surface area contributed by atoms with Gasteiger partial charge in [-0.05, 0) is 26.3 Å². The van der Waals surface area contributed by atoms with Crippen molar-refractivity contribution in [3.05, 3.63) is 0 Å². The van der Waals surface area contributed by atoms with Crippen LogP contribution in [0.2, 0.25) is 0 Å². The SMILES string of the molecule is CCCC(C)NC(=O)C1CCNC1. The minimum absolute atomic E-state index is 0.208. The van der Waals surface area contributed by atoms with Gasteiger partial charge in [0.05, 0.1) is 5.92 Å². The third kappa shape index (κ3) is 3.35. The zero-order chi connectivity index (χ0) is 9.68. The van der Waals surface area contributed by atoms with E-state index < -0.39 is 0 Å². The maximum Gasteiger partial charge on any atom is 0.224 e. The summed E-state index contributed by atoms with van der Waals surface area (Å²) in [5.41, 5.74) is 0. The maximum absolute atomic E-state index is 11.6. The maximum atomic E-state index is 11.6.